The lowest BCUT2D eigenvalue weighted by Gasteiger charge is -2.28. The average Bonchev–Trinajstić information content (AvgIpc) is 2.79. The van der Waals surface area contributed by atoms with Crippen molar-refractivity contribution < 1.29 is 9.63 Å². The molecule has 0 aliphatic carbocycles. The summed E-state index contributed by atoms with van der Waals surface area (Å²) in [5.41, 5.74) is 0. The fourth-order valence-corrected chi connectivity index (χ4v) is 2.18. The fourth-order valence-electron chi connectivity index (χ4n) is 2.18. The van der Waals surface area contributed by atoms with Gasteiger partial charge >= 0.3 is 0 Å². The van der Waals surface area contributed by atoms with Crippen LogP contribution in [0, 0.1) is 0 Å². The molecule has 0 amide bonds. The monoisotopic (exact) mass is 255 g/mol. The third-order valence-electron chi connectivity index (χ3n) is 3.17. The van der Waals surface area contributed by atoms with Crippen molar-refractivity contribution in [2.45, 2.75) is 59.0 Å². The summed E-state index contributed by atoms with van der Waals surface area (Å²) in [7, 11) is 0. The van der Waals surface area contributed by atoms with Gasteiger partial charge in [-0.2, -0.15) is 4.98 Å². The van der Waals surface area contributed by atoms with Gasteiger partial charge in [0.25, 0.3) is 0 Å². The number of aliphatic hydroxyl groups is 1. The second kappa shape index (κ2) is 8.21. The SMILES string of the molecule is CCCc1noc(CN(CCO)C(CC)CC)n1. The molecular formula is C13H25N3O2. The number of aromatic nitrogens is 2. The van der Waals surface area contributed by atoms with Crippen LogP contribution in [0.4, 0.5) is 0 Å². The minimum Gasteiger partial charge on any atom is -0.395 e. The maximum absolute atomic E-state index is 9.14. The number of aryl methyl sites for hydroxylation is 1. The summed E-state index contributed by atoms with van der Waals surface area (Å²) in [6.07, 6.45) is 4.00. The Bertz CT molecular complexity index is 324. The quantitative estimate of drug-likeness (QED) is 0.731. The summed E-state index contributed by atoms with van der Waals surface area (Å²) in [5.74, 6) is 1.43. The highest BCUT2D eigenvalue weighted by Gasteiger charge is 2.18. The fraction of sp³-hybridized carbons (Fsp3) is 0.846. The van der Waals surface area contributed by atoms with Gasteiger partial charge in [0.15, 0.2) is 5.82 Å². The van der Waals surface area contributed by atoms with Gasteiger partial charge in [-0.25, -0.2) is 0 Å². The Kier molecular flexibility index (Phi) is 6.90. The average molecular weight is 255 g/mol. The zero-order valence-corrected chi connectivity index (χ0v) is 11.7. The van der Waals surface area contributed by atoms with E-state index in [9.17, 15) is 0 Å². The molecule has 0 aliphatic rings. The van der Waals surface area contributed by atoms with Gasteiger partial charge in [0, 0.05) is 19.0 Å². The van der Waals surface area contributed by atoms with Crippen LogP contribution < -0.4 is 0 Å². The summed E-state index contributed by atoms with van der Waals surface area (Å²) in [5, 5.41) is 13.1. The van der Waals surface area contributed by atoms with Crippen LogP contribution in [-0.2, 0) is 13.0 Å². The zero-order valence-electron chi connectivity index (χ0n) is 11.7. The van der Waals surface area contributed by atoms with Gasteiger partial charge in [-0.05, 0) is 19.3 Å². The maximum atomic E-state index is 9.14. The molecule has 0 aliphatic heterocycles. The van der Waals surface area contributed by atoms with E-state index in [1.54, 1.807) is 0 Å². The summed E-state index contributed by atoms with van der Waals surface area (Å²) in [6, 6.07) is 0.457. The van der Waals surface area contributed by atoms with Crippen molar-refractivity contribution in [1.29, 1.82) is 0 Å². The zero-order chi connectivity index (χ0) is 13.4. The first-order valence-electron chi connectivity index (χ1n) is 6.91. The summed E-state index contributed by atoms with van der Waals surface area (Å²) < 4.78 is 5.25. The normalized spacial score (nSPS) is 11.7. The smallest absolute Gasteiger partial charge is 0.240 e. The van der Waals surface area contributed by atoms with Gasteiger partial charge in [-0.15, -0.1) is 0 Å². The van der Waals surface area contributed by atoms with E-state index in [4.69, 9.17) is 9.63 Å². The largest absolute Gasteiger partial charge is 0.395 e. The molecule has 0 saturated heterocycles. The lowest BCUT2D eigenvalue weighted by molar-refractivity contribution is 0.122. The molecule has 0 unspecified atom stereocenters. The van der Waals surface area contributed by atoms with E-state index in [1.165, 1.54) is 0 Å². The molecule has 0 aromatic carbocycles. The first-order valence-corrected chi connectivity index (χ1v) is 6.91. The highest BCUT2D eigenvalue weighted by Crippen LogP contribution is 2.12. The number of rotatable bonds is 9. The lowest BCUT2D eigenvalue weighted by Crippen LogP contribution is -2.36. The molecule has 0 atom stereocenters. The molecule has 1 aromatic rings. The predicted molar refractivity (Wildman–Crippen MR) is 70.2 cm³/mol. The Morgan fingerprint density at radius 3 is 2.56 bits per heavy atom. The van der Waals surface area contributed by atoms with E-state index in [-0.39, 0.29) is 6.61 Å². The third kappa shape index (κ3) is 4.38. The molecule has 0 radical (unpaired) electrons. The first kappa shape index (κ1) is 15.1. The van der Waals surface area contributed by atoms with Crippen LogP contribution in [0.3, 0.4) is 0 Å². The maximum Gasteiger partial charge on any atom is 0.240 e. The second-order valence-corrected chi connectivity index (χ2v) is 4.52. The number of aliphatic hydroxyl groups excluding tert-OH is 1. The minimum absolute atomic E-state index is 0.159. The molecule has 0 fully saturated rings. The molecule has 0 spiro atoms. The highest BCUT2D eigenvalue weighted by atomic mass is 16.5. The molecule has 0 saturated carbocycles. The molecule has 1 aromatic heterocycles. The van der Waals surface area contributed by atoms with Crippen molar-refractivity contribution in [2.75, 3.05) is 13.2 Å². The second-order valence-electron chi connectivity index (χ2n) is 4.52. The molecule has 0 bridgehead atoms. The van der Waals surface area contributed by atoms with E-state index in [1.807, 2.05) is 0 Å². The van der Waals surface area contributed by atoms with Gasteiger partial charge in [0.1, 0.15) is 0 Å². The Morgan fingerprint density at radius 1 is 1.28 bits per heavy atom. The van der Waals surface area contributed by atoms with Gasteiger partial charge in [-0.3, -0.25) is 4.90 Å². The van der Waals surface area contributed by atoms with Crippen LogP contribution in [0.25, 0.3) is 0 Å². The topological polar surface area (TPSA) is 62.4 Å². The Labute approximate surface area is 109 Å². The van der Waals surface area contributed by atoms with E-state index in [0.717, 1.165) is 31.5 Å². The summed E-state index contributed by atoms with van der Waals surface area (Å²) in [6.45, 7) is 7.86. The minimum atomic E-state index is 0.159. The highest BCUT2D eigenvalue weighted by molar-refractivity contribution is 4.87. The molecule has 1 rings (SSSR count). The van der Waals surface area contributed by atoms with Crippen molar-refractivity contribution in [3.63, 3.8) is 0 Å². The molecule has 104 valence electrons. The Balaban J connectivity index is 2.63. The van der Waals surface area contributed by atoms with E-state index >= 15 is 0 Å². The number of nitrogens with zero attached hydrogens (tertiary/aromatic N) is 3. The summed E-state index contributed by atoms with van der Waals surface area (Å²) >= 11 is 0. The molecular weight excluding hydrogens is 230 g/mol. The van der Waals surface area contributed by atoms with Gasteiger partial charge in [0.05, 0.1) is 13.2 Å². The molecule has 1 N–H and O–H groups in total. The van der Waals surface area contributed by atoms with Crippen molar-refractivity contribution in [3.8, 4) is 0 Å². The molecule has 5 heteroatoms. The van der Waals surface area contributed by atoms with Crippen LogP contribution in [0.1, 0.15) is 51.7 Å². The Hall–Kier alpha value is -0.940. The van der Waals surface area contributed by atoms with Crippen LogP contribution in [-0.4, -0.2) is 39.3 Å². The molecule has 18 heavy (non-hydrogen) atoms. The third-order valence-corrected chi connectivity index (χ3v) is 3.17. The standard InChI is InChI=1S/C13H25N3O2/c1-4-7-12-14-13(18-15-12)10-16(8-9-17)11(5-2)6-3/h11,17H,4-10H2,1-3H3. The van der Waals surface area contributed by atoms with Gasteiger partial charge in [0.2, 0.25) is 5.89 Å². The van der Waals surface area contributed by atoms with Gasteiger partial charge < -0.3 is 9.63 Å². The van der Waals surface area contributed by atoms with E-state index < -0.39 is 0 Å². The molecule has 1 heterocycles. The van der Waals surface area contributed by atoms with Crippen molar-refractivity contribution >= 4 is 0 Å². The van der Waals surface area contributed by atoms with Gasteiger partial charge in [-0.1, -0.05) is 25.9 Å². The van der Waals surface area contributed by atoms with Crippen molar-refractivity contribution in [2.24, 2.45) is 0 Å². The summed E-state index contributed by atoms with van der Waals surface area (Å²) in [4.78, 5) is 6.58. The first-order chi connectivity index (χ1) is 8.74. The predicted octanol–water partition coefficient (Wildman–Crippen LogP) is 2.00. The van der Waals surface area contributed by atoms with Crippen LogP contribution >= 0.6 is 0 Å². The number of hydrogen-bond donors (Lipinski definition) is 1. The number of hydrogen-bond acceptors (Lipinski definition) is 5. The van der Waals surface area contributed by atoms with E-state index in [0.29, 0.717) is 25.0 Å². The van der Waals surface area contributed by atoms with Crippen LogP contribution in [0.5, 0.6) is 0 Å². The lowest BCUT2D eigenvalue weighted by atomic mass is 10.1. The van der Waals surface area contributed by atoms with Crippen molar-refractivity contribution in [3.05, 3.63) is 11.7 Å². The van der Waals surface area contributed by atoms with Crippen LogP contribution in [0.15, 0.2) is 4.52 Å². The Morgan fingerprint density at radius 2 is 2.00 bits per heavy atom. The van der Waals surface area contributed by atoms with E-state index in [2.05, 4.69) is 35.8 Å². The molecule has 5 nitrogen and oxygen atoms in total. The van der Waals surface area contributed by atoms with Crippen molar-refractivity contribution in [1.82, 2.24) is 15.0 Å². The van der Waals surface area contributed by atoms with Crippen LogP contribution in [0.2, 0.25) is 0 Å².